The van der Waals surface area contributed by atoms with Crippen molar-refractivity contribution in [1.29, 1.82) is 0 Å². The minimum atomic E-state index is -0.508. The fourth-order valence-electron chi connectivity index (χ4n) is 5.72. The molecule has 0 atom stereocenters. The van der Waals surface area contributed by atoms with Crippen LogP contribution in [0.25, 0.3) is 11.3 Å². The lowest BCUT2D eigenvalue weighted by Crippen LogP contribution is -2.43. The molecule has 1 amide bonds. The van der Waals surface area contributed by atoms with Crippen molar-refractivity contribution < 1.29 is 23.8 Å². The number of amides is 1. The summed E-state index contributed by atoms with van der Waals surface area (Å²) in [6.45, 7) is 15.3. The lowest BCUT2D eigenvalue weighted by molar-refractivity contribution is -0.155. The Kier molecular flexibility index (Phi) is 9.02. The summed E-state index contributed by atoms with van der Waals surface area (Å²) in [4.78, 5) is 34.1. The Bertz CT molecular complexity index is 1470. The number of carbonyl (C=O) groups is 2. The van der Waals surface area contributed by atoms with Crippen LogP contribution < -0.4 is 9.64 Å². The molecule has 230 valence electrons. The molecule has 2 aliphatic rings. The summed E-state index contributed by atoms with van der Waals surface area (Å²) in [5.74, 6) is 0.693. The SMILES string of the molecule is CCOC(=O)C1(C)CCN(c2nc(-c3ccccc3OCc3ccc4c(c3C)CCN(C(=O)OC(C)(C)C)C4)cs2)CC1. The molecule has 9 heteroatoms. The number of aromatic nitrogens is 1. The highest BCUT2D eigenvalue weighted by Crippen LogP contribution is 2.38. The number of benzene rings is 2. The molecule has 0 radical (unpaired) electrons. The smallest absolute Gasteiger partial charge is 0.410 e. The van der Waals surface area contributed by atoms with Crippen molar-refractivity contribution in [1.82, 2.24) is 9.88 Å². The Balaban J connectivity index is 1.24. The molecular weight excluding hydrogens is 562 g/mol. The van der Waals surface area contributed by atoms with E-state index in [4.69, 9.17) is 19.2 Å². The normalized spacial score (nSPS) is 16.4. The van der Waals surface area contributed by atoms with Gasteiger partial charge < -0.3 is 24.0 Å². The third-order valence-electron chi connectivity index (χ3n) is 8.40. The summed E-state index contributed by atoms with van der Waals surface area (Å²) in [6.07, 6.45) is 2.03. The van der Waals surface area contributed by atoms with E-state index in [-0.39, 0.29) is 12.1 Å². The second-order valence-corrected chi connectivity index (χ2v) is 13.5. The lowest BCUT2D eigenvalue weighted by atomic mass is 9.80. The van der Waals surface area contributed by atoms with Crippen LogP contribution in [-0.2, 0) is 33.8 Å². The van der Waals surface area contributed by atoms with Gasteiger partial charge in [-0.25, -0.2) is 9.78 Å². The first kappa shape index (κ1) is 30.9. The van der Waals surface area contributed by atoms with Gasteiger partial charge in [0.25, 0.3) is 0 Å². The van der Waals surface area contributed by atoms with Crippen molar-refractivity contribution in [3.05, 3.63) is 64.0 Å². The molecule has 1 fully saturated rings. The van der Waals surface area contributed by atoms with E-state index in [0.717, 1.165) is 65.6 Å². The zero-order valence-electron chi connectivity index (χ0n) is 26.2. The van der Waals surface area contributed by atoms with Crippen LogP contribution in [0, 0.1) is 12.3 Å². The molecule has 0 N–H and O–H groups in total. The average molecular weight is 606 g/mol. The first-order valence-corrected chi connectivity index (χ1v) is 16.0. The first-order chi connectivity index (χ1) is 20.5. The summed E-state index contributed by atoms with van der Waals surface area (Å²) in [5, 5.41) is 3.04. The van der Waals surface area contributed by atoms with Crippen LogP contribution in [0.5, 0.6) is 5.75 Å². The molecule has 0 bridgehead atoms. The van der Waals surface area contributed by atoms with E-state index in [0.29, 0.717) is 26.3 Å². The Morgan fingerprint density at radius 3 is 2.53 bits per heavy atom. The first-order valence-electron chi connectivity index (χ1n) is 15.2. The summed E-state index contributed by atoms with van der Waals surface area (Å²) in [7, 11) is 0. The highest BCUT2D eigenvalue weighted by molar-refractivity contribution is 7.14. The van der Waals surface area contributed by atoms with E-state index in [2.05, 4.69) is 29.3 Å². The van der Waals surface area contributed by atoms with E-state index >= 15 is 0 Å². The van der Waals surface area contributed by atoms with Gasteiger partial charge in [-0.1, -0.05) is 24.3 Å². The minimum absolute atomic E-state index is 0.0995. The molecule has 0 saturated carbocycles. The number of anilines is 1. The Morgan fingerprint density at radius 1 is 1.07 bits per heavy atom. The number of hydrogen-bond donors (Lipinski definition) is 0. The van der Waals surface area contributed by atoms with Crippen LogP contribution >= 0.6 is 11.3 Å². The van der Waals surface area contributed by atoms with Crippen LogP contribution in [0.3, 0.4) is 0 Å². The summed E-state index contributed by atoms with van der Waals surface area (Å²) in [6, 6.07) is 12.3. The molecular formula is C34H43N3O5S. The maximum atomic E-state index is 12.6. The third kappa shape index (κ3) is 6.98. The van der Waals surface area contributed by atoms with Gasteiger partial charge in [0.1, 0.15) is 18.0 Å². The molecule has 2 aliphatic heterocycles. The van der Waals surface area contributed by atoms with Gasteiger partial charge in [0.2, 0.25) is 0 Å². The van der Waals surface area contributed by atoms with E-state index in [1.165, 1.54) is 11.1 Å². The van der Waals surface area contributed by atoms with Crippen LogP contribution in [-0.4, -0.2) is 53.8 Å². The van der Waals surface area contributed by atoms with Gasteiger partial charge in [-0.2, -0.15) is 0 Å². The van der Waals surface area contributed by atoms with E-state index in [1.54, 1.807) is 16.2 Å². The molecule has 3 heterocycles. The molecule has 2 aromatic carbocycles. The van der Waals surface area contributed by atoms with Gasteiger partial charge in [-0.05, 0) is 95.2 Å². The number of carbonyl (C=O) groups excluding carboxylic acids is 2. The second kappa shape index (κ2) is 12.6. The lowest BCUT2D eigenvalue weighted by Gasteiger charge is -2.37. The molecule has 3 aromatic rings. The highest BCUT2D eigenvalue weighted by atomic mass is 32.1. The monoisotopic (exact) mass is 605 g/mol. The molecule has 1 saturated heterocycles. The third-order valence-corrected chi connectivity index (χ3v) is 9.30. The van der Waals surface area contributed by atoms with E-state index in [1.807, 2.05) is 58.9 Å². The number of esters is 1. The Hall–Kier alpha value is -3.59. The van der Waals surface area contributed by atoms with Gasteiger partial charge in [0, 0.05) is 37.1 Å². The van der Waals surface area contributed by atoms with Crippen LogP contribution in [0.1, 0.15) is 69.7 Å². The second-order valence-electron chi connectivity index (χ2n) is 12.7. The molecule has 5 rings (SSSR count). The van der Waals surface area contributed by atoms with Crippen molar-refractivity contribution in [2.45, 2.75) is 79.6 Å². The van der Waals surface area contributed by atoms with Crippen molar-refractivity contribution in [2.75, 3.05) is 31.1 Å². The van der Waals surface area contributed by atoms with Crippen molar-refractivity contribution in [3.8, 4) is 17.0 Å². The number of rotatable bonds is 7. The van der Waals surface area contributed by atoms with Crippen LogP contribution in [0.15, 0.2) is 41.8 Å². The highest BCUT2D eigenvalue weighted by Gasteiger charge is 2.39. The molecule has 1 aromatic heterocycles. The predicted octanol–water partition coefficient (Wildman–Crippen LogP) is 7.16. The zero-order chi connectivity index (χ0) is 30.8. The van der Waals surface area contributed by atoms with Gasteiger partial charge in [-0.15, -0.1) is 11.3 Å². The minimum Gasteiger partial charge on any atom is -0.488 e. The van der Waals surface area contributed by atoms with Crippen LogP contribution in [0.2, 0.25) is 0 Å². The predicted molar refractivity (Wildman–Crippen MR) is 170 cm³/mol. The standard InChI is InChI=1S/C34H43N3O5S/c1-7-40-30(38)34(6)15-18-36(19-16-34)31-35-28(22-43-31)27-10-8-9-11-29(27)41-21-25-13-12-24-20-37(17-14-26(24)23(25)2)32(39)42-33(3,4)5/h8-13,22H,7,14-21H2,1-6H3. The summed E-state index contributed by atoms with van der Waals surface area (Å²) in [5.41, 5.74) is 5.71. The van der Waals surface area contributed by atoms with Crippen LogP contribution in [0.4, 0.5) is 9.93 Å². The number of hydrogen-bond acceptors (Lipinski definition) is 8. The number of thiazole rings is 1. The van der Waals surface area contributed by atoms with E-state index in [9.17, 15) is 9.59 Å². The Labute approximate surface area is 259 Å². The fourth-order valence-corrected chi connectivity index (χ4v) is 6.60. The number of fused-ring (bicyclic) bond motifs is 1. The fraction of sp³-hybridized carbons (Fsp3) is 0.500. The number of para-hydroxylation sites is 1. The molecule has 8 nitrogen and oxygen atoms in total. The van der Waals surface area contributed by atoms with Gasteiger partial charge >= 0.3 is 12.1 Å². The number of piperidine rings is 1. The quantitative estimate of drug-likeness (QED) is 0.264. The molecule has 0 unspecified atom stereocenters. The largest absolute Gasteiger partial charge is 0.488 e. The van der Waals surface area contributed by atoms with Gasteiger partial charge in [0.05, 0.1) is 17.7 Å². The van der Waals surface area contributed by atoms with Crippen molar-refractivity contribution in [3.63, 3.8) is 0 Å². The maximum Gasteiger partial charge on any atom is 0.410 e. The van der Waals surface area contributed by atoms with E-state index < -0.39 is 11.0 Å². The number of ether oxygens (including phenoxy) is 3. The van der Waals surface area contributed by atoms with Crippen molar-refractivity contribution >= 4 is 28.5 Å². The van der Waals surface area contributed by atoms with Gasteiger partial charge in [0.15, 0.2) is 5.13 Å². The molecule has 0 aliphatic carbocycles. The molecule has 0 spiro atoms. The summed E-state index contributed by atoms with van der Waals surface area (Å²) >= 11 is 1.62. The summed E-state index contributed by atoms with van der Waals surface area (Å²) < 4.78 is 17.3. The average Bonchev–Trinajstić information content (AvgIpc) is 3.46. The number of nitrogens with zero attached hydrogens (tertiary/aromatic N) is 3. The van der Waals surface area contributed by atoms with Crippen molar-refractivity contribution in [2.24, 2.45) is 5.41 Å². The topological polar surface area (TPSA) is 81.2 Å². The maximum absolute atomic E-state index is 12.6. The molecule has 43 heavy (non-hydrogen) atoms. The Morgan fingerprint density at radius 2 is 1.81 bits per heavy atom. The zero-order valence-corrected chi connectivity index (χ0v) is 27.0. The van der Waals surface area contributed by atoms with Gasteiger partial charge in [-0.3, -0.25) is 4.79 Å².